The van der Waals surface area contributed by atoms with Crippen LogP contribution in [0.5, 0.6) is 5.88 Å². The van der Waals surface area contributed by atoms with Crippen molar-refractivity contribution in [3.8, 4) is 17.0 Å². The van der Waals surface area contributed by atoms with Gasteiger partial charge in [-0.15, -0.1) is 0 Å². The third-order valence-corrected chi connectivity index (χ3v) is 6.32. The standard InChI is InChI=1S/C26H30N6O2/c1-31-10-12-32(13-11-31)16-18-6-8-21(9-7-18)28-26-29-24-23(25(30-26)34-2)22(15-27-24)20-5-3-4-19(14-20)17-33/h3-9,14-15,33H,10-13,16-17H2,1-2H3,(H2,27,28,29,30). The van der Waals surface area contributed by atoms with E-state index in [1.807, 2.05) is 30.5 Å². The number of aromatic nitrogens is 3. The summed E-state index contributed by atoms with van der Waals surface area (Å²) in [5.74, 6) is 0.957. The van der Waals surface area contributed by atoms with Gasteiger partial charge in [-0.2, -0.15) is 9.97 Å². The lowest BCUT2D eigenvalue weighted by molar-refractivity contribution is 0.148. The second-order valence-electron chi connectivity index (χ2n) is 8.74. The van der Waals surface area contributed by atoms with Gasteiger partial charge in [0.05, 0.1) is 19.1 Å². The first-order chi connectivity index (χ1) is 16.6. The van der Waals surface area contributed by atoms with Gasteiger partial charge in [0.25, 0.3) is 0 Å². The lowest BCUT2D eigenvalue weighted by Crippen LogP contribution is -2.43. The van der Waals surface area contributed by atoms with E-state index in [1.54, 1.807) is 7.11 Å². The number of anilines is 2. The molecule has 2 aromatic carbocycles. The van der Waals surface area contributed by atoms with Gasteiger partial charge in [0.15, 0.2) is 0 Å². The maximum Gasteiger partial charge on any atom is 0.232 e. The van der Waals surface area contributed by atoms with Crippen molar-refractivity contribution < 1.29 is 9.84 Å². The topological polar surface area (TPSA) is 89.5 Å². The molecule has 2 aromatic heterocycles. The van der Waals surface area contributed by atoms with Gasteiger partial charge in [-0.25, -0.2) is 0 Å². The molecule has 3 heterocycles. The Kier molecular flexibility index (Phi) is 6.44. The summed E-state index contributed by atoms with van der Waals surface area (Å²) in [4.78, 5) is 17.4. The number of likely N-dealkylation sites (N-methyl/N-ethyl adjacent to an activating group) is 1. The fraction of sp³-hybridized carbons (Fsp3) is 0.308. The van der Waals surface area contributed by atoms with Crippen LogP contribution in [0.25, 0.3) is 22.2 Å². The molecule has 3 N–H and O–H groups in total. The average Bonchev–Trinajstić information content (AvgIpc) is 3.30. The number of H-pyrrole nitrogens is 1. The summed E-state index contributed by atoms with van der Waals surface area (Å²) in [7, 11) is 3.79. The first kappa shape index (κ1) is 22.3. The highest BCUT2D eigenvalue weighted by Gasteiger charge is 2.17. The Balaban J connectivity index is 1.35. The molecule has 0 unspecified atom stereocenters. The molecule has 1 aliphatic rings. The van der Waals surface area contributed by atoms with E-state index in [9.17, 15) is 5.11 Å². The number of hydrogen-bond acceptors (Lipinski definition) is 7. The molecule has 1 aliphatic heterocycles. The molecule has 4 aromatic rings. The molecule has 0 saturated carbocycles. The number of nitrogens with zero attached hydrogens (tertiary/aromatic N) is 4. The van der Waals surface area contributed by atoms with Crippen LogP contribution in [-0.2, 0) is 13.2 Å². The quantitative estimate of drug-likeness (QED) is 0.390. The Hall–Kier alpha value is -3.46. The van der Waals surface area contributed by atoms with Crippen molar-refractivity contribution in [1.29, 1.82) is 0 Å². The molecule has 5 rings (SSSR count). The minimum atomic E-state index is -0.00787. The van der Waals surface area contributed by atoms with Crippen LogP contribution in [0.4, 0.5) is 11.6 Å². The smallest absolute Gasteiger partial charge is 0.232 e. The molecule has 176 valence electrons. The molecule has 1 fully saturated rings. The van der Waals surface area contributed by atoms with Gasteiger partial charge in [-0.1, -0.05) is 30.3 Å². The minimum absolute atomic E-state index is 0.00787. The van der Waals surface area contributed by atoms with E-state index in [2.05, 4.69) is 61.4 Å². The molecular formula is C26H30N6O2. The highest BCUT2D eigenvalue weighted by Crippen LogP contribution is 2.35. The molecular weight excluding hydrogens is 428 g/mol. The Morgan fingerprint density at radius 2 is 1.82 bits per heavy atom. The predicted molar refractivity (Wildman–Crippen MR) is 134 cm³/mol. The Morgan fingerprint density at radius 1 is 1.03 bits per heavy atom. The highest BCUT2D eigenvalue weighted by molar-refractivity contribution is 5.97. The Labute approximate surface area is 199 Å². The molecule has 1 saturated heterocycles. The van der Waals surface area contributed by atoms with Crippen LogP contribution in [-0.4, -0.2) is 70.2 Å². The van der Waals surface area contributed by atoms with Crippen molar-refractivity contribution in [1.82, 2.24) is 24.8 Å². The summed E-state index contributed by atoms with van der Waals surface area (Å²) in [6.07, 6.45) is 1.90. The summed E-state index contributed by atoms with van der Waals surface area (Å²) in [6, 6.07) is 16.2. The minimum Gasteiger partial charge on any atom is -0.480 e. The Bertz CT molecular complexity index is 1260. The summed E-state index contributed by atoms with van der Waals surface area (Å²) in [5.41, 5.74) is 5.65. The number of methoxy groups -OCH3 is 1. The van der Waals surface area contributed by atoms with Crippen molar-refractivity contribution >= 4 is 22.7 Å². The van der Waals surface area contributed by atoms with Crippen LogP contribution in [0.3, 0.4) is 0 Å². The third kappa shape index (κ3) is 4.75. The number of nitrogens with one attached hydrogen (secondary N) is 2. The van der Waals surface area contributed by atoms with E-state index < -0.39 is 0 Å². The molecule has 0 bridgehead atoms. The molecule has 0 radical (unpaired) electrons. The van der Waals surface area contributed by atoms with Crippen LogP contribution in [0.2, 0.25) is 0 Å². The molecule has 34 heavy (non-hydrogen) atoms. The number of ether oxygens (including phenoxy) is 1. The monoisotopic (exact) mass is 458 g/mol. The number of hydrogen-bond donors (Lipinski definition) is 3. The van der Waals surface area contributed by atoms with Gasteiger partial charge in [0.2, 0.25) is 11.8 Å². The maximum atomic E-state index is 9.49. The van der Waals surface area contributed by atoms with Gasteiger partial charge >= 0.3 is 0 Å². The van der Waals surface area contributed by atoms with Gasteiger partial charge in [0.1, 0.15) is 5.65 Å². The maximum absolute atomic E-state index is 9.49. The van der Waals surface area contributed by atoms with Crippen LogP contribution in [0.15, 0.2) is 54.7 Å². The summed E-state index contributed by atoms with van der Waals surface area (Å²) in [6.45, 7) is 5.40. The third-order valence-electron chi connectivity index (χ3n) is 6.32. The van der Waals surface area contributed by atoms with Gasteiger partial charge in [0, 0.05) is 50.2 Å². The molecule has 0 spiro atoms. The zero-order chi connectivity index (χ0) is 23.5. The van der Waals surface area contributed by atoms with Crippen LogP contribution in [0, 0.1) is 0 Å². The van der Waals surface area contributed by atoms with Crippen LogP contribution >= 0.6 is 0 Å². The van der Waals surface area contributed by atoms with Gasteiger partial charge in [-0.05, 0) is 41.9 Å². The number of aliphatic hydroxyl groups excluding tert-OH is 1. The van der Waals surface area contributed by atoms with Gasteiger partial charge < -0.3 is 25.0 Å². The van der Waals surface area contributed by atoms with E-state index >= 15 is 0 Å². The fourth-order valence-electron chi connectivity index (χ4n) is 4.36. The number of rotatable bonds is 7. The zero-order valence-corrected chi connectivity index (χ0v) is 19.6. The largest absolute Gasteiger partial charge is 0.480 e. The summed E-state index contributed by atoms with van der Waals surface area (Å²) < 4.78 is 5.62. The molecule has 8 nitrogen and oxygen atoms in total. The molecule has 0 amide bonds. The van der Waals surface area contributed by atoms with Crippen LogP contribution < -0.4 is 10.1 Å². The zero-order valence-electron chi connectivity index (χ0n) is 19.6. The molecule has 8 heteroatoms. The fourth-order valence-corrected chi connectivity index (χ4v) is 4.36. The van der Waals surface area contributed by atoms with E-state index in [0.29, 0.717) is 17.5 Å². The number of aliphatic hydroxyl groups is 1. The van der Waals surface area contributed by atoms with Crippen molar-refractivity contribution in [3.63, 3.8) is 0 Å². The summed E-state index contributed by atoms with van der Waals surface area (Å²) in [5, 5.41) is 13.6. The number of aromatic amines is 1. The SMILES string of the molecule is COc1nc(Nc2ccc(CN3CCN(C)CC3)cc2)nc2[nH]cc(-c3cccc(CO)c3)c12. The first-order valence-electron chi connectivity index (χ1n) is 11.5. The van der Waals surface area contributed by atoms with Crippen LogP contribution in [0.1, 0.15) is 11.1 Å². The number of piperazine rings is 1. The second-order valence-corrected chi connectivity index (χ2v) is 8.74. The van der Waals surface area contributed by atoms with Crippen molar-refractivity contribution in [2.45, 2.75) is 13.2 Å². The number of benzene rings is 2. The van der Waals surface area contributed by atoms with Crippen molar-refractivity contribution in [2.24, 2.45) is 0 Å². The number of fused-ring (bicyclic) bond motifs is 1. The lowest BCUT2D eigenvalue weighted by atomic mass is 10.0. The van der Waals surface area contributed by atoms with E-state index in [1.165, 1.54) is 5.56 Å². The first-order valence-corrected chi connectivity index (χ1v) is 11.5. The van der Waals surface area contributed by atoms with Gasteiger partial charge in [-0.3, -0.25) is 4.90 Å². The predicted octanol–water partition coefficient (Wildman–Crippen LogP) is 3.62. The van der Waals surface area contributed by atoms with E-state index in [0.717, 1.165) is 60.5 Å². The van der Waals surface area contributed by atoms with Crippen molar-refractivity contribution in [2.75, 3.05) is 45.7 Å². The normalized spacial score (nSPS) is 15.0. The van der Waals surface area contributed by atoms with Crippen molar-refractivity contribution in [3.05, 3.63) is 65.9 Å². The molecule has 0 atom stereocenters. The second kappa shape index (κ2) is 9.80. The average molecular weight is 459 g/mol. The van der Waals surface area contributed by atoms with E-state index in [4.69, 9.17) is 4.74 Å². The highest BCUT2D eigenvalue weighted by atomic mass is 16.5. The summed E-state index contributed by atoms with van der Waals surface area (Å²) >= 11 is 0. The Morgan fingerprint density at radius 3 is 2.56 bits per heavy atom. The molecule has 0 aliphatic carbocycles. The van der Waals surface area contributed by atoms with E-state index in [-0.39, 0.29) is 6.61 Å². The lowest BCUT2D eigenvalue weighted by Gasteiger charge is -2.32.